The number of hydrogen-bond donors (Lipinski definition) is 0. The van der Waals surface area contributed by atoms with Crippen LogP contribution < -0.4 is 0 Å². The first-order valence-corrected chi connectivity index (χ1v) is 26.6. The average molecular weight is 694 g/mol. The van der Waals surface area contributed by atoms with Crippen molar-refractivity contribution in [3.8, 4) is 0 Å². The summed E-state index contributed by atoms with van der Waals surface area (Å²) in [6.07, 6.45) is 14.3. The second kappa shape index (κ2) is 23.7. The van der Waals surface area contributed by atoms with Crippen molar-refractivity contribution >= 4 is 52.3 Å². The minimum absolute atomic E-state index is 0.168. The zero-order valence-corrected chi connectivity index (χ0v) is 30.1. The van der Waals surface area contributed by atoms with E-state index in [2.05, 4.69) is 41.5 Å². The molecule has 0 amide bonds. The van der Waals surface area contributed by atoms with Gasteiger partial charge < -0.3 is 0 Å². The summed E-state index contributed by atoms with van der Waals surface area (Å²) in [4.78, 5) is 27.0. The second-order valence-corrected chi connectivity index (χ2v) is 24.8. The summed E-state index contributed by atoms with van der Waals surface area (Å²) in [5.74, 6) is -0.336. The minimum atomic E-state index is -2.39. The van der Waals surface area contributed by atoms with Crippen LogP contribution in [0.4, 0.5) is 0 Å². The van der Waals surface area contributed by atoms with Crippen LogP contribution >= 0.6 is 0 Å². The van der Waals surface area contributed by atoms with Gasteiger partial charge in [0.1, 0.15) is 0 Å². The van der Waals surface area contributed by atoms with E-state index in [0.717, 1.165) is 94.8 Å². The van der Waals surface area contributed by atoms with Gasteiger partial charge in [0.2, 0.25) is 0 Å². The van der Waals surface area contributed by atoms with Crippen molar-refractivity contribution in [3.63, 3.8) is 0 Å². The van der Waals surface area contributed by atoms with Crippen LogP contribution in [0, 0.1) is 0 Å². The molecule has 0 aliphatic heterocycles. The first-order chi connectivity index (χ1) is 16.5. The number of hydrogen-bond acceptors (Lipinski definition) is 4. The Balaban J connectivity index is 5.87. The molecule has 0 aliphatic rings. The van der Waals surface area contributed by atoms with Gasteiger partial charge in [0.05, 0.1) is 0 Å². The zero-order chi connectivity index (χ0) is 25.6. The molecule has 0 aromatic heterocycles. The van der Waals surface area contributed by atoms with Crippen LogP contribution in [0.15, 0.2) is 11.1 Å². The van der Waals surface area contributed by atoms with E-state index in [1.807, 2.05) is 0 Å². The summed E-state index contributed by atoms with van der Waals surface area (Å²) in [5, 5.41) is 0. The molecule has 6 heteroatoms. The van der Waals surface area contributed by atoms with Crippen LogP contribution in [0.5, 0.6) is 0 Å². The molecule has 4 nitrogen and oxygen atoms in total. The Bertz CT molecular complexity index is 499. The molecule has 34 heavy (non-hydrogen) atoms. The average Bonchev–Trinajstić information content (AvgIpc) is 2.84. The van der Waals surface area contributed by atoms with E-state index in [-0.39, 0.29) is 11.9 Å². The summed E-state index contributed by atoms with van der Waals surface area (Å²) in [5.41, 5.74) is 1.32. The van der Waals surface area contributed by atoms with Gasteiger partial charge >= 0.3 is 228 Å². The molecule has 200 valence electrons. The van der Waals surface area contributed by atoms with E-state index < -0.39 is 40.3 Å². The van der Waals surface area contributed by atoms with Crippen LogP contribution in [-0.2, 0) is 15.7 Å². The number of unbranched alkanes of at least 4 members (excludes halogenated alkanes) is 6. The molecule has 0 radical (unpaired) electrons. The maximum absolute atomic E-state index is 13.5. The van der Waals surface area contributed by atoms with Crippen molar-refractivity contribution in [1.29, 1.82) is 0 Å². The van der Waals surface area contributed by atoms with E-state index in [1.54, 1.807) is 0 Å². The molecule has 0 saturated carbocycles. The first kappa shape index (κ1) is 34.3. The Hall–Kier alpha value is 0.277. The van der Waals surface area contributed by atoms with Crippen LogP contribution in [0.1, 0.15) is 131 Å². The van der Waals surface area contributed by atoms with E-state index in [9.17, 15) is 9.59 Å². The number of carbonyl (C=O) groups excluding carboxylic acids is 2. The van der Waals surface area contributed by atoms with Crippen molar-refractivity contribution in [3.05, 3.63) is 11.1 Å². The van der Waals surface area contributed by atoms with Gasteiger partial charge in [-0.15, -0.1) is 0 Å². The van der Waals surface area contributed by atoms with Gasteiger partial charge in [-0.1, -0.05) is 0 Å². The fourth-order valence-corrected chi connectivity index (χ4v) is 19.5. The fraction of sp³-hybridized carbons (Fsp3) is 0.857. The Morgan fingerprint density at radius 1 is 0.471 bits per heavy atom. The Labute approximate surface area is 227 Å². The molecule has 0 atom stereocenters. The molecule has 0 heterocycles. The van der Waals surface area contributed by atoms with E-state index in [4.69, 9.17) is 6.15 Å². The number of carbonyl (C=O) groups is 2. The molecule has 0 bridgehead atoms. The van der Waals surface area contributed by atoms with Crippen molar-refractivity contribution < 1.29 is 15.7 Å². The summed E-state index contributed by atoms with van der Waals surface area (Å²) in [7, 11) is 0. The summed E-state index contributed by atoms with van der Waals surface area (Å²) in [6.45, 7) is 13.1. The molecule has 0 aromatic rings. The maximum atomic E-state index is 13.5. The fourth-order valence-electron chi connectivity index (χ4n) is 4.16. The molecular weight excluding hydrogens is 638 g/mol. The summed E-state index contributed by atoms with van der Waals surface area (Å²) < 4.78 is 17.0. The molecule has 0 fully saturated rings. The Morgan fingerprint density at radius 2 is 0.735 bits per heavy atom. The van der Waals surface area contributed by atoms with Crippen molar-refractivity contribution in [2.24, 2.45) is 0 Å². The van der Waals surface area contributed by atoms with Gasteiger partial charge in [0.25, 0.3) is 0 Å². The van der Waals surface area contributed by atoms with Gasteiger partial charge in [0.15, 0.2) is 0 Å². The van der Waals surface area contributed by atoms with Gasteiger partial charge in [-0.2, -0.15) is 0 Å². The molecule has 0 unspecified atom stereocenters. The Morgan fingerprint density at radius 3 is 0.971 bits per heavy atom. The van der Waals surface area contributed by atoms with E-state index in [1.165, 1.54) is 0 Å². The van der Waals surface area contributed by atoms with Crippen LogP contribution in [0.2, 0.25) is 17.7 Å². The van der Waals surface area contributed by atoms with Gasteiger partial charge in [-0.25, -0.2) is 0 Å². The van der Waals surface area contributed by atoms with Gasteiger partial charge in [-0.05, 0) is 0 Å². The molecular formula is C28H56O4Sn2. The third-order valence-electron chi connectivity index (χ3n) is 6.48. The quantitative estimate of drug-likeness (QED) is 0.0845. The van der Waals surface area contributed by atoms with Crippen LogP contribution in [0.25, 0.3) is 0 Å². The van der Waals surface area contributed by atoms with Crippen molar-refractivity contribution in [2.75, 3.05) is 0 Å². The molecule has 0 spiro atoms. The molecule has 0 saturated heterocycles. The molecule has 0 aliphatic carbocycles. The number of rotatable bonds is 22. The second-order valence-electron chi connectivity index (χ2n) is 9.79. The predicted octanol–water partition coefficient (Wildman–Crippen LogP) is 8.40. The third kappa shape index (κ3) is 16.1. The normalized spacial score (nSPS) is 12.2. The topological polar surface area (TPSA) is 52.6 Å². The monoisotopic (exact) mass is 696 g/mol. The molecule has 0 aromatic carbocycles. The van der Waals surface area contributed by atoms with Crippen LogP contribution in [-0.4, -0.2) is 52.3 Å². The van der Waals surface area contributed by atoms with E-state index >= 15 is 0 Å². The van der Waals surface area contributed by atoms with Gasteiger partial charge in [-0.3, -0.25) is 0 Å². The van der Waals surface area contributed by atoms with Gasteiger partial charge in [0, 0.05) is 0 Å². The first-order valence-electron chi connectivity index (χ1n) is 14.6. The predicted molar refractivity (Wildman–Crippen MR) is 151 cm³/mol. The zero-order valence-electron chi connectivity index (χ0n) is 23.5. The Kier molecular flexibility index (Phi) is 23.9. The third-order valence-corrected chi connectivity index (χ3v) is 21.6. The molecule has 0 rings (SSSR count). The summed E-state index contributed by atoms with van der Waals surface area (Å²) in [6, 6.07) is 0. The van der Waals surface area contributed by atoms with Crippen LogP contribution in [0.3, 0.4) is 0 Å². The summed E-state index contributed by atoms with van der Waals surface area (Å²) >= 11 is -4.79. The van der Waals surface area contributed by atoms with Crippen molar-refractivity contribution in [1.82, 2.24) is 0 Å². The van der Waals surface area contributed by atoms with Crippen molar-refractivity contribution in [2.45, 2.75) is 149 Å². The molecule has 0 N–H and O–H groups in total. The SMILES string of the molecule is CCCC/C(C(=O)[O][SnH]([CH2]CCC)[CH2]CCC)=C(\CCCC)C(=O)[O][SnH]([CH2]CCC)[CH2]CCC. The standard InChI is InChI=1S/C12H20O4.4C4H9.2Sn.2H/c1-3-5-7-9(11(13)14)10(12(15)16)8-6-4-2;4*1-3-4-2;;;;/h3-8H2,1-2H3,(H,13,14)(H,15,16);4*1,3-4H2,2H3;;;;/q;;;;;2*+1;;/p-2/b10-9-;;;;;;;;. The van der Waals surface area contributed by atoms with E-state index in [0.29, 0.717) is 24.0 Å².